The molecule has 0 spiro atoms. The van der Waals surface area contributed by atoms with E-state index in [0.717, 1.165) is 41.4 Å². The van der Waals surface area contributed by atoms with Gasteiger partial charge in [-0.1, -0.05) is 156 Å². The zero-order valence-electron chi connectivity index (χ0n) is 39.6. The Hall–Kier alpha value is -6.21. The molecule has 362 valence electrons. The van der Waals surface area contributed by atoms with Gasteiger partial charge in [-0.25, -0.2) is 18.1 Å². The molecule has 17 heteroatoms. The van der Waals surface area contributed by atoms with Crippen LogP contribution < -0.4 is 26.6 Å². The van der Waals surface area contributed by atoms with Crippen molar-refractivity contribution in [1.29, 1.82) is 0 Å². The number of thioether (sulfide) groups is 1. The van der Waals surface area contributed by atoms with Crippen LogP contribution in [0.5, 0.6) is 0 Å². The number of H-pyrrole nitrogens is 1. The third kappa shape index (κ3) is 11.8. The van der Waals surface area contributed by atoms with E-state index >= 15 is 8.42 Å². The molecule has 0 radical (unpaired) electrons. The number of carbonyl (C=O) groups excluding carboxylic acids is 2. The van der Waals surface area contributed by atoms with Crippen LogP contribution in [0.15, 0.2) is 172 Å². The van der Waals surface area contributed by atoms with Crippen LogP contribution in [0.4, 0.5) is 16.2 Å². The molecule has 0 aliphatic rings. The first-order chi connectivity index (χ1) is 32.9. The molecule has 0 saturated heterocycles. The summed E-state index contributed by atoms with van der Waals surface area (Å²) in [6, 6.07) is 42.0. The summed E-state index contributed by atoms with van der Waals surface area (Å²) in [4.78, 5) is 57.2. The lowest BCUT2D eigenvalue weighted by Crippen LogP contribution is -2.67. The van der Waals surface area contributed by atoms with Gasteiger partial charge in [0.25, 0.3) is 25.5 Å². The van der Waals surface area contributed by atoms with E-state index in [4.69, 9.17) is 14.9 Å². The quantitative estimate of drug-likeness (QED) is 0.0323. The first-order valence-electron chi connectivity index (χ1n) is 22.6. The fraction of sp³-hybridized carbons (Fsp3) is 0.288. The van der Waals surface area contributed by atoms with Gasteiger partial charge in [0.05, 0.1) is 35.6 Å². The van der Waals surface area contributed by atoms with Crippen molar-refractivity contribution in [3.63, 3.8) is 0 Å². The van der Waals surface area contributed by atoms with Gasteiger partial charge in [0.2, 0.25) is 10.0 Å². The molecule has 6 aromatic rings. The number of rotatable bonds is 20. The number of aromatic amines is 1. The highest BCUT2D eigenvalue weighted by molar-refractivity contribution is 7.99. The normalized spacial score (nSPS) is 13.0. The zero-order valence-corrected chi connectivity index (χ0v) is 42.2. The van der Waals surface area contributed by atoms with Gasteiger partial charge in [-0.3, -0.25) is 19.7 Å². The van der Waals surface area contributed by atoms with Crippen LogP contribution in [0.1, 0.15) is 58.1 Å². The number of nitro groups is 1. The second-order valence-corrected chi connectivity index (χ2v) is 25.2. The monoisotopic (exact) mass is 989 g/mol. The number of nitrogens with zero attached hydrogens (tertiary/aromatic N) is 3. The third-order valence-electron chi connectivity index (χ3n) is 12.0. The molecular formula is C52H59N5O9S2Si. The average Bonchev–Trinajstić information content (AvgIpc) is 3.34. The molecule has 1 aromatic heterocycles. The summed E-state index contributed by atoms with van der Waals surface area (Å²) in [5.74, 6) is -1.65. The van der Waals surface area contributed by atoms with E-state index in [1.807, 2.05) is 135 Å². The number of benzene rings is 5. The second-order valence-electron chi connectivity index (χ2n) is 18.0. The topological polar surface area (TPSA) is 195 Å². The van der Waals surface area contributed by atoms with Crippen LogP contribution >= 0.6 is 11.8 Å². The maximum atomic E-state index is 15.1. The van der Waals surface area contributed by atoms with Crippen LogP contribution in [-0.2, 0) is 24.0 Å². The smallest absolute Gasteiger partial charge is 0.421 e. The summed E-state index contributed by atoms with van der Waals surface area (Å²) in [5.41, 5.74) is 6.86. The Bertz CT molecular complexity index is 2750. The molecule has 2 atom stereocenters. The summed E-state index contributed by atoms with van der Waals surface area (Å²) in [7, 11) is -6.62. The number of nitrogens with one attached hydrogen (secondary N) is 1. The molecule has 5 aromatic carbocycles. The molecule has 0 bridgehead atoms. The summed E-state index contributed by atoms with van der Waals surface area (Å²) in [6.45, 7) is 10.2. The number of sulfonamides is 1. The van der Waals surface area contributed by atoms with Crippen LogP contribution in [0.2, 0.25) is 5.04 Å². The fourth-order valence-electron chi connectivity index (χ4n) is 8.53. The maximum Gasteiger partial charge on any atom is 0.421 e. The number of nitro benzene ring substituents is 1. The van der Waals surface area contributed by atoms with Gasteiger partial charge in [-0.2, -0.15) is 4.31 Å². The Morgan fingerprint density at radius 2 is 1.32 bits per heavy atom. The number of imide groups is 1. The summed E-state index contributed by atoms with van der Waals surface area (Å²) >= 11 is 1.06. The minimum atomic E-state index is -4.40. The number of pyridine rings is 1. The largest absolute Gasteiger partial charge is 0.452 e. The molecule has 0 saturated carbocycles. The predicted molar refractivity (Wildman–Crippen MR) is 274 cm³/mol. The van der Waals surface area contributed by atoms with Crippen molar-refractivity contribution in [2.75, 3.05) is 30.9 Å². The Kier molecular flexibility index (Phi) is 17.3. The van der Waals surface area contributed by atoms with E-state index in [-0.39, 0.29) is 46.0 Å². The molecule has 14 nitrogen and oxygen atoms in total. The van der Waals surface area contributed by atoms with Gasteiger partial charge in [-0.05, 0) is 57.1 Å². The van der Waals surface area contributed by atoms with E-state index < -0.39 is 63.9 Å². The van der Waals surface area contributed by atoms with Crippen LogP contribution in [0, 0.1) is 16.0 Å². The third-order valence-corrected chi connectivity index (χ3v) is 20.2. The molecule has 0 aliphatic heterocycles. The molecular weight excluding hydrogens is 931 g/mol. The lowest BCUT2D eigenvalue weighted by molar-refractivity contribution is -0.384. The van der Waals surface area contributed by atoms with Crippen LogP contribution in [0.3, 0.4) is 0 Å². The number of aromatic nitrogens is 1. The number of methoxy groups -OCH3 is 1. The molecule has 0 unspecified atom stereocenters. The minimum Gasteiger partial charge on any atom is -0.452 e. The number of carbonyl (C=O) groups is 2. The summed E-state index contributed by atoms with van der Waals surface area (Å²) in [5, 5.41) is 13.1. The Morgan fingerprint density at radius 1 is 0.812 bits per heavy atom. The van der Waals surface area contributed by atoms with Crippen LogP contribution in [-0.4, -0.2) is 81.0 Å². The lowest BCUT2D eigenvalue weighted by Gasteiger charge is -2.44. The Balaban J connectivity index is 1.49. The van der Waals surface area contributed by atoms with Gasteiger partial charge in [0.15, 0.2) is 0 Å². The molecule has 3 N–H and O–H groups in total. The second kappa shape index (κ2) is 22.9. The van der Waals surface area contributed by atoms with E-state index in [9.17, 15) is 24.5 Å². The molecule has 2 amide bonds. The van der Waals surface area contributed by atoms with E-state index in [2.05, 4.69) is 25.8 Å². The molecule has 69 heavy (non-hydrogen) atoms. The van der Waals surface area contributed by atoms with E-state index in [1.165, 1.54) is 28.7 Å². The van der Waals surface area contributed by atoms with Crippen LogP contribution in [0.25, 0.3) is 0 Å². The van der Waals surface area contributed by atoms with Gasteiger partial charge < -0.3 is 19.9 Å². The summed E-state index contributed by atoms with van der Waals surface area (Å²) in [6.07, 6.45) is 0.665. The number of hydrogen-bond donors (Lipinski definition) is 2. The van der Waals surface area contributed by atoms with Gasteiger partial charge >= 0.3 is 6.09 Å². The fourth-order valence-corrected chi connectivity index (χ4v) is 16.0. The SMILES string of the molecule is COC(=O)N(C(=O)[C@@H](N)C(c1ccccc1)c1ccccc1)c1c(SC[C@@H](CO[Si](c2ccccc2)(c2ccccc2)C(C)(C)C)N(CCC(C)C)S(=O)(=O)c2ccc([N+](=O)[O-])cc2)cc[nH]c1=O. The van der Waals surface area contributed by atoms with Crippen molar-refractivity contribution in [3.05, 3.63) is 189 Å². The van der Waals surface area contributed by atoms with Crippen molar-refractivity contribution in [2.24, 2.45) is 11.7 Å². The number of ether oxygens (including phenoxy) is 1. The predicted octanol–water partition coefficient (Wildman–Crippen LogP) is 8.32. The van der Waals surface area contributed by atoms with Crippen molar-refractivity contribution in [3.8, 4) is 0 Å². The molecule has 0 aliphatic carbocycles. The zero-order chi connectivity index (χ0) is 49.9. The van der Waals surface area contributed by atoms with Gasteiger partial charge in [0, 0.05) is 41.4 Å². The molecule has 1 heterocycles. The van der Waals surface area contributed by atoms with Gasteiger partial charge in [-0.15, -0.1) is 11.8 Å². The van der Waals surface area contributed by atoms with Gasteiger partial charge in [0.1, 0.15) is 5.69 Å². The van der Waals surface area contributed by atoms with Crippen molar-refractivity contribution < 1.29 is 32.1 Å². The van der Waals surface area contributed by atoms with E-state index in [1.54, 1.807) is 0 Å². The maximum absolute atomic E-state index is 15.1. The first-order valence-corrected chi connectivity index (χ1v) is 26.9. The number of amides is 2. The van der Waals surface area contributed by atoms with Crippen molar-refractivity contribution in [1.82, 2.24) is 9.29 Å². The average molecular weight is 990 g/mol. The minimum absolute atomic E-state index is 0.0382. The van der Waals surface area contributed by atoms with Crippen molar-refractivity contribution >= 4 is 63.9 Å². The highest BCUT2D eigenvalue weighted by Gasteiger charge is 2.51. The number of non-ortho nitro benzene ring substituents is 1. The first kappa shape index (κ1) is 52.2. The Morgan fingerprint density at radius 3 is 1.78 bits per heavy atom. The molecule has 6 rings (SSSR count). The molecule has 0 fully saturated rings. The lowest BCUT2D eigenvalue weighted by atomic mass is 9.85. The van der Waals surface area contributed by atoms with E-state index in [0.29, 0.717) is 22.4 Å². The summed E-state index contributed by atoms with van der Waals surface area (Å²) < 4.78 is 44.1. The highest BCUT2D eigenvalue weighted by atomic mass is 32.2. The number of nitrogens with two attached hydrogens (primary N) is 1. The van der Waals surface area contributed by atoms with Crippen molar-refractivity contribution in [2.45, 2.75) is 73.9 Å². The highest BCUT2D eigenvalue weighted by Crippen LogP contribution is 2.39. The standard InChI is InChI=1S/C52H59N5O9S2Si/c1-37(2)32-34-55(68(63,64)42-29-27-40(28-30-42)57(61)62)41(35-66-69(52(3,4)5,43-23-15-9-16-24-43)44-25-17-10-18-26-44)36-67-45-31-33-54-49(58)48(45)56(51(60)65-6)50(59)47(53)46(38-19-11-7-12-20-38)39-21-13-8-14-22-39/h7-31,33,37,41,46-47H,32,34-36,53H2,1-6H3,(H,54,58)/t41-,47+/m1/s1. The number of hydrogen-bond acceptors (Lipinski definition) is 11. The number of anilines is 1. The Labute approximate surface area is 409 Å².